The predicted octanol–water partition coefficient (Wildman–Crippen LogP) is 2.36. The zero-order chi connectivity index (χ0) is 13.4. The third kappa shape index (κ3) is 2.07. The van der Waals surface area contributed by atoms with Crippen molar-refractivity contribution in [3.8, 4) is 17.0 Å². The Morgan fingerprint density at radius 3 is 2.47 bits per heavy atom. The molecule has 0 aliphatic heterocycles. The molecule has 0 radical (unpaired) electrons. The number of hydrogen-bond donors (Lipinski definition) is 3. The molecule has 5 nitrogen and oxygen atoms in total. The van der Waals surface area contributed by atoms with Crippen LogP contribution in [0.3, 0.4) is 0 Å². The molecule has 3 N–H and O–H groups in total. The third-order valence-corrected chi connectivity index (χ3v) is 3.54. The molecule has 0 amide bonds. The SMILES string of the molecule is O=C(O)c1cc(-c2cc3c(cc2O)CCCC3)n[nH]1. The molecule has 0 saturated heterocycles. The van der Waals surface area contributed by atoms with Crippen LogP contribution in [-0.4, -0.2) is 26.4 Å². The Morgan fingerprint density at radius 1 is 1.16 bits per heavy atom. The Bertz CT molecular complexity index is 646. The molecule has 1 aliphatic rings. The number of rotatable bonds is 2. The van der Waals surface area contributed by atoms with Crippen molar-refractivity contribution in [2.24, 2.45) is 0 Å². The van der Waals surface area contributed by atoms with Crippen LogP contribution in [-0.2, 0) is 12.8 Å². The number of aromatic carboxylic acids is 1. The highest BCUT2D eigenvalue weighted by atomic mass is 16.4. The van der Waals surface area contributed by atoms with Gasteiger partial charge in [-0.25, -0.2) is 4.79 Å². The van der Waals surface area contributed by atoms with Gasteiger partial charge in [0.15, 0.2) is 0 Å². The monoisotopic (exact) mass is 258 g/mol. The summed E-state index contributed by atoms with van der Waals surface area (Å²) in [5.41, 5.74) is 3.47. The van der Waals surface area contributed by atoms with Gasteiger partial charge in [0.2, 0.25) is 0 Å². The van der Waals surface area contributed by atoms with Crippen LogP contribution >= 0.6 is 0 Å². The van der Waals surface area contributed by atoms with Crippen molar-refractivity contribution in [2.45, 2.75) is 25.7 Å². The molecule has 1 aromatic carbocycles. The lowest BCUT2D eigenvalue weighted by molar-refractivity contribution is 0.0690. The van der Waals surface area contributed by atoms with Crippen molar-refractivity contribution in [3.05, 3.63) is 35.0 Å². The third-order valence-electron chi connectivity index (χ3n) is 3.54. The van der Waals surface area contributed by atoms with Crippen molar-refractivity contribution < 1.29 is 15.0 Å². The number of phenols is 1. The summed E-state index contributed by atoms with van der Waals surface area (Å²) in [5, 5.41) is 25.3. The summed E-state index contributed by atoms with van der Waals surface area (Å²) in [6, 6.07) is 5.14. The fraction of sp³-hybridized carbons (Fsp3) is 0.286. The summed E-state index contributed by atoms with van der Waals surface area (Å²) in [5.74, 6) is -0.903. The summed E-state index contributed by atoms with van der Waals surface area (Å²) >= 11 is 0. The number of benzene rings is 1. The highest BCUT2D eigenvalue weighted by Crippen LogP contribution is 2.34. The Kier molecular flexibility index (Phi) is 2.74. The van der Waals surface area contributed by atoms with Crippen molar-refractivity contribution in [2.75, 3.05) is 0 Å². The number of phenolic OH excluding ortho intramolecular Hbond substituents is 1. The van der Waals surface area contributed by atoms with Crippen molar-refractivity contribution >= 4 is 5.97 Å². The van der Waals surface area contributed by atoms with Crippen LogP contribution in [0.2, 0.25) is 0 Å². The van der Waals surface area contributed by atoms with E-state index in [0.29, 0.717) is 11.3 Å². The van der Waals surface area contributed by atoms with Crippen LogP contribution < -0.4 is 0 Å². The molecule has 98 valence electrons. The van der Waals surface area contributed by atoms with Gasteiger partial charge < -0.3 is 10.2 Å². The lowest BCUT2D eigenvalue weighted by Gasteiger charge is -2.17. The molecule has 3 rings (SSSR count). The fourth-order valence-corrected chi connectivity index (χ4v) is 2.55. The predicted molar refractivity (Wildman–Crippen MR) is 69.3 cm³/mol. The van der Waals surface area contributed by atoms with Crippen LogP contribution in [0.15, 0.2) is 18.2 Å². The van der Waals surface area contributed by atoms with E-state index in [0.717, 1.165) is 25.7 Å². The van der Waals surface area contributed by atoms with Crippen LogP contribution in [0, 0.1) is 0 Å². The molecule has 1 aliphatic carbocycles. The second-order valence-electron chi connectivity index (χ2n) is 4.82. The largest absolute Gasteiger partial charge is 0.507 e. The standard InChI is InChI=1S/C14H14N2O3/c17-13-6-9-4-2-1-3-8(9)5-10(13)11-7-12(14(18)19)16-15-11/h5-7,17H,1-4H2,(H,15,16)(H,18,19). The molecule has 19 heavy (non-hydrogen) atoms. The average molecular weight is 258 g/mol. The van der Waals surface area contributed by atoms with Gasteiger partial charge in [-0.05, 0) is 55.0 Å². The maximum Gasteiger partial charge on any atom is 0.353 e. The highest BCUT2D eigenvalue weighted by Gasteiger charge is 2.17. The number of aromatic amines is 1. The summed E-state index contributed by atoms with van der Waals surface area (Å²) in [7, 11) is 0. The van der Waals surface area contributed by atoms with E-state index in [-0.39, 0.29) is 11.4 Å². The van der Waals surface area contributed by atoms with Crippen molar-refractivity contribution in [1.82, 2.24) is 10.2 Å². The van der Waals surface area contributed by atoms with E-state index in [4.69, 9.17) is 5.11 Å². The first-order valence-corrected chi connectivity index (χ1v) is 6.29. The normalized spacial score (nSPS) is 14.1. The van der Waals surface area contributed by atoms with Crippen LogP contribution in [0.25, 0.3) is 11.3 Å². The number of carboxylic acids is 1. The summed E-state index contributed by atoms with van der Waals surface area (Å²) in [6.07, 6.45) is 4.29. The molecule has 2 aromatic rings. The first-order chi connectivity index (χ1) is 9.15. The van der Waals surface area contributed by atoms with E-state index in [1.165, 1.54) is 17.2 Å². The van der Waals surface area contributed by atoms with Gasteiger partial charge in [0.05, 0.1) is 5.69 Å². The number of carbonyl (C=O) groups is 1. The summed E-state index contributed by atoms with van der Waals surface area (Å²) < 4.78 is 0. The zero-order valence-corrected chi connectivity index (χ0v) is 10.3. The molecule has 0 saturated carbocycles. The number of nitrogens with one attached hydrogen (secondary N) is 1. The van der Waals surface area contributed by atoms with Gasteiger partial charge in [-0.3, -0.25) is 5.10 Å². The van der Waals surface area contributed by atoms with Gasteiger partial charge >= 0.3 is 5.97 Å². The molecule has 0 unspecified atom stereocenters. The molecule has 0 fully saturated rings. The van der Waals surface area contributed by atoms with Crippen molar-refractivity contribution in [1.29, 1.82) is 0 Å². The number of aryl methyl sites for hydroxylation is 2. The molecular formula is C14H14N2O3. The number of hydrogen-bond acceptors (Lipinski definition) is 3. The number of aromatic nitrogens is 2. The number of carboxylic acid groups (broad SMARTS) is 1. The van der Waals surface area contributed by atoms with E-state index in [2.05, 4.69) is 10.2 Å². The smallest absolute Gasteiger partial charge is 0.353 e. The molecular weight excluding hydrogens is 244 g/mol. The summed E-state index contributed by atoms with van der Waals surface area (Å²) in [4.78, 5) is 10.8. The number of nitrogens with zero attached hydrogens (tertiary/aromatic N) is 1. The Labute approximate surface area is 109 Å². The number of fused-ring (bicyclic) bond motifs is 1. The van der Waals surface area contributed by atoms with Gasteiger partial charge in [-0.1, -0.05) is 0 Å². The van der Waals surface area contributed by atoms with Gasteiger partial charge in [-0.15, -0.1) is 0 Å². The molecule has 0 spiro atoms. The first-order valence-electron chi connectivity index (χ1n) is 6.29. The second kappa shape index (κ2) is 4.42. The molecule has 0 atom stereocenters. The van der Waals surface area contributed by atoms with E-state index < -0.39 is 5.97 Å². The van der Waals surface area contributed by atoms with Gasteiger partial charge in [-0.2, -0.15) is 5.10 Å². The average Bonchev–Trinajstić information content (AvgIpc) is 2.87. The lowest BCUT2D eigenvalue weighted by Crippen LogP contribution is -2.02. The Balaban J connectivity index is 2.06. The zero-order valence-electron chi connectivity index (χ0n) is 10.3. The second-order valence-corrected chi connectivity index (χ2v) is 4.82. The lowest BCUT2D eigenvalue weighted by atomic mass is 9.89. The minimum atomic E-state index is -1.06. The first kappa shape index (κ1) is 11.8. The maximum absolute atomic E-state index is 10.8. The number of aromatic hydroxyl groups is 1. The van der Waals surface area contributed by atoms with Crippen LogP contribution in [0.5, 0.6) is 5.75 Å². The molecule has 5 heteroatoms. The maximum atomic E-state index is 10.8. The number of H-pyrrole nitrogens is 1. The quantitative estimate of drug-likeness (QED) is 0.771. The van der Waals surface area contributed by atoms with E-state index >= 15 is 0 Å². The minimum absolute atomic E-state index is 0.0205. The van der Waals surface area contributed by atoms with Gasteiger partial charge in [0, 0.05) is 5.56 Å². The van der Waals surface area contributed by atoms with Gasteiger partial charge in [0.25, 0.3) is 0 Å². The molecule has 1 aromatic heterocycles. The molecule has 1 heterocycles. The fourth-order valence-electron chi connectivity index (χ4n) is 2.55. The van der Waals surface area contributed by atoms with Crippen LogP contribution in [0.4, 0.5) is 0 Å². The van der Waals surface area contributed by atoms with Crippen LogP contribution in [0.1, 0.15) is 34.5 Å². The van der Waals surface area contributed by atoms with Crippen molar-refractivity contribution in [3.63, 3.8) is 0 Å². The topological polar surface area (TPSA) is 86.2 Å². The molecule has 0 bridgehead atoms. The van der Waals surface area contributed by atoms with E-state index in [1.807, 2.05) is 6.07 Å². The van der Waals surface area contributed by atoms with E-state index in [1.54, 1.807) is 6.07 Å². The highest BCUT2D eigenvalue weighted by molar-refractivity contribution is 5.87. The Hall–Kier alpha value is -2.30. The van der Waals surface area contributed by atoms with Gasteiger partial charge in [0.1, 0.15) is 11.4 Å². The van der Waals surface area contributed by atoms with E-state index in [9.17, 15) is 9.90 Å². The summed E-state index contributed by atoms with van der Waals surface area (Å²) in [6.45, 7) is 0. The minimum Gasteiger partial charge on any atom is -0.507 e. The Morgan fingerprint density at radius 2 is 1.84 bits per heavy atom.